The van der Waals surface area contributed by atoms with E-state index in [0.29, 0.717) is 18.7 Å². The summed E-state index contributed by atoms with van der Waals surface area (Å²) in [6.45, 7) is 9.25. The van der Waals surface area contributed by atoms with Crippen molar-refractivity contribution in [2.75, 3.05) is 5.32 Å². The molecule has 0 unspecified atom stereocenters. The van der Waals surface area contributed by atoms with Crippen molar-refractivity contribution < 1.29 is 4.74 Å². The Balaban J connectivity index is 0.00000158. The molecule has 0 aliphatic carbocycles. The van der Waals surface area contributed by atoms with Gasteiger partial charge in [0.15, 0.2) is 0 Å². The van der Waals surface area contributed by atoms with E-state index in [4.69, 9.17) is 10.00 Å². The molecule has 34 heavy (non-hydrogen) atoms. The lowest BCUT2D eigenvalue weighted by molar-refractivity contribution is 0.300. The van der Waals surface area contributed by atoms with E-state index >= 15 is 0 Å². The first-order valence-electron chi connectivity index (χ1n) is 11.6. The molecular formula is C30H31N3O. The van der Waals surface area contributed by atoms with E-state index in [1.807, 2.05) is 69.4 Å². The van der Waals surface area contributed by atoms with Crippen molar-refractivity contribution in [1.29, 1.82) is 5.26 Å². The molecule has 0 spiro atoms. The molecule has 4 aromatic rings. The highest BCUT2D eigenvalue weighted by atomic mass is 16.5. The van der Waals surface area contributed by atoms with Crippen molar-refractivity contribution in [2.45, 2.75) is 40.8 Å². The molecule has 4 rings (SSSR count). The van der Waals surface area contributed by atoms with Gasteiger partial charge in [0.05, 0.1) is 17.3 Å². The van der Waals surface area contributed by atoms with E-state index in [2.05, 4.69) is 59.7 Å². The molecule has 0 radical (unpaired) electrons. The standard InChI is InChI=1S/C28H25N3O.C2H6/c1-20-26(17-30-21(2)28(20)32-19-23-6-4-3-5-7-23)18-31-27-14-12-25(13-15-27)24-10-8-22(16-29)9-11-24;1-2/h3-15,17,31H,18-19H2,1-2H3;1-2H3. The normalized spacial score (nSPS) is 9.97. The largest absolute Gasteiger partial charge is 0.487 e. The highest BCUT2D eigenvalue weighted by Gasteiger charge is 2.11. The maximum Gasteiger partial charge on any atom is 0.144 e. The highest BCUT2D eigenvalue weighted by Crippen LogP contribution is 2.27. The molecule has 0 amide bonds. The average molecular weight is 450 g/mol. The minimum atomic E-state index is 0.526. The van der Waals surface area contributed by atoms with E-state index in [9.17, 15) is 0 Å². The molecular weight excluding hydrogens is 418 g/mol. The first-order chi connectivity index (χ1) is 16.6. The van der Waals surface area contributed by atoms with Gasteiger partial charge in [-0.1, -0.05) is 68.4 Å². The van der Waals surface area contributed by atoms with Crippen molar-refractivity contribution in [3.63, 3.8) is 0 Å². The molecule has 0 saturated heterocycles. The highest BCUT2D eigenvalue weighted by molar-refractivity contribution is 5.66. The third kappa shape index (κ3) is 6.24. The Morgan fingerprint density at radius 1 is 0.853 bits per heavy atom. The summed E-state index contributed by atoms with van der Waals surface area (Å²) < 4.78 is 6.12. The van der Waals surface area contributed by atoms with Crippen LogP contribution >= 0.6 is 0 Å². The van der Waals surface area contributed by atoms with Gasteiger partial charge < -0.3 is 10.1 Å². The number of aromatic nitrogens is 1. The summed E-state index contributed by atoms with van der Waals surface area (Å²) in [5.74, 6) is 0.851. The SMILES string of the molecule is CC.Cc1ncc(CNc2ccc(-c3ccc(C#N)cc3)cc2)c(C)c1OCc1ccccc1. The van der Waals surface area contributed by atoms with Gasteiger partial charge in [-0.2, -0.15) is 5.26 Å². The molecule has 0 saturated carbocycles. The molecule has 4 nitrogen and oxygen atoms in total. The summed E-state index contributed by atoms with van der Waals surface area (Å²) in [4.78, 5) is 4.54. The number of pyridine rings is 1. The van der Waals surface area contributed by atoms with Gasteiger partial charge in [0.2, 0.25) is 0 Å². The van der Waals surface area contributed by atoms with Crippen LogP contribution in [-0.4, -0.2) is 4.98 Å². The van der Waals surface area contributed by atoms with Crippen LogP contribution in [-0.2, 0) is 13.2 Å². The lowest BCUT2D eigenvalue weighted by Gasteiger charge is -2.16. The third-order valence-corrected chi connectivity index (χ3v) is 5.51. The molecule has 1 aromatic heterocycles. The van der Waals surface area contributed by atoms with Gasteiger partial charge in [0.25, 0.3) is 0 Å². The number of nitrogens with one attached hydrogen (secondary N) is 1. The predicted octanol–water partition coefficient (Wildman–Crippen LogP) is 7.45. The van der Waals surface area contributed by atoms with Crippen molar-refractivity contribution in [2.24, 2.45) is 0 Å². The second-order valence-electron chi connectivity index (χ2n) is 7.72. The summed E-state index contributed by atoms with van der Waals surface area (Å²) in [7, 11) is 0. The number of rotatable bonds is 7. The summed E-state index contributed by atoms with van der Waals surface area (Å²) >= 11 is 0. The van der Waals surface area contributed by atoms with E-state index in [-0.39, 0.29) is 0 Å². The van der Waals surface area contributed by atoms with E-state index in [1.54, 1.807) is 0 Å². The van der Waals surface area contributed by atoms with Crippen LogP contribution in [0.2, 0.25) is 0 Å². The van der Waals surface area contributed by atoms with Crippen molar-refractivity contribution in [3.05, 3.63) is 113 Å². The third-order valence-electron chi connectivity index (χ3n) is 5.51. The van der Waals surface area contributed by atoms with E-state index in [1.165, 1.54) is 0 Å². The van der Waals surface area contributed by atoms with Crippen LogP contribution in [0.15, 0.2) is 85.1 Å². The fourth-order valence-corrected chi connectivity index (χ4v) is 3.58. The van der Waals surface area contributed by atoms with Gasteiger partial charge in [-0.25, -0.2) is 0 Å². The molecule has 0 atom stereocenters. The van der Waals surface area contributed by atoms with Crippen LogP contribution in [0.4, 0.5) is 5.69 Å². The number of nitriles is 1. The van der Waals surface area contributed by atoms with Gasteiger partial charge in [-0.05, 0) is 65.9 Å². The fourth-order valence-electron chi connectivity index (χ4n) is 3.58. The lowest BCUT2D eigenvalue weighted by atomic mass is 10.0. The average Bonchev–Trinajstić information content (AvgIpc) is 2.90. The maximum absolute atomic E-state index is 8.95. The topological polar surface area (TPSA) is 57.9 Å². The first-order valence-corrected chi connectivity index (χ1v) is 11.6. The fraction of sp³-hybridized carbons (Fsp3) is 0.200. The van der Waals surface area contributed by atoms with Crippen LogP contribution in [0.5, 0.6) is 5.75 Å². The Kier molecular flexibility index (Phi) is 8.82. The quantitative estimate of drug-likeness (QED) is 0.318. The predicted molar refractivity (Wildman–Crippen MR) is 140 cm³/mol. The number of ether oxygens (including phenoxy) is 1. The zero-order valence-electron chi connectivity index (χ0n) is 20.3. The van der Waals surface area contributed by atoms with Crippen LogP contribution in [0.25, 0.3) is 11.1 Å². The maximum atomic E-state index is 8.95. The first kappa shape index (κ1) is 24.5. The zero-order chi connectivity index (χ0) is 24.3. The molecule has 172 valence electrons. The van der Waals surface area contributed by atoms with Gasteiger partial charge >= 0.3 is 0 Å². The molecule has 0 aliphatic heterocycles. The zero-order valence-corrected chi connectivity index (χ0v) is 20.3. The molecule has 1 N–H and O–H groups in total. The smallest absolute Gasteiger partial charge is 0.144 e. The molecule has 0 fully saturated rings. The molecule has 4 heteroatoms. The minimum absolute atomic E-state index is 0.526. The second kappa shape index (κ2) is 12.2. The Labute approximate surface area is 202 Å². The van der Waals surface area contributed by atoms with Crippen LogP contribution in [0.1, 0.15) is 41.8 Å². The Hall–Kier alpha value is -4.10. The number of anilines is 1. The lowest BCUT2D eigenvalue weighted by Crippen LogP contribution is -2.06. The number of nitrogens with zero attached hydrogens (tertiary/aromatic N) is 2. The summed E-state index contributed by atoms with van der Waals surface area (Å²) in [5.41, 5.74) is 8.16. The van der Waals surface area contributed by atoms with Crippen LogP contribution in [0, 0.1) is 25.2 Å². The molecule has 0 bridgehead atoms. The number of hydrogen-bond acceptors (Lipinski definition) is 4. The number of hydrogen-bond donors (Lipinski definition) is 1. The summed E-state index contributed by atoms with van der Waals surface area (Å²) in [5, 5.41) is 12.4. The van der Waals surface area contributed by atoms with Gasteiger partial charge in [-0.15, -0.1) is 0 Å². The Morgan fingerprint density at radius 2 is 1.47 bits per heavy atom. The van der Waals surface area contributed by atoms with Crippen LogP contribution < -0.4 is 10.1 Å². The van der Waals surface area contributed by atoms with Crippen molar-refractivity contribution in [1.82, 2.24) is 4.98 Å². The van der Waals surface area contributed by atoms with Crippen LogP contribution in [0.3, 0.4) is 0 Å². The second-order valence-corrected chi connectivity index (χ2v) is 7.72. The monoisotopic (exact) mass is 449 g/mol. The Morgan fingerprint density at radius 3 is 2.09 bits per heavy atom. The van der Waals surface area contributed by atoms with Gasteiger partial charge in [-0.3, -0.25) is 4.98 Å². The minimum Gasteiger partial charge on any atom is -0.487 e. The van der Waals surface area contributed by atoms with E-state index < -0.39 is 0 Å². The number of aryl methyl sites for hydroxylation is 1. The molecule has 3 aromatic carbocycles. The van der Waals surface area contributed by atoms with Gasteiger partial charge in [0.1, 0.15) is 12.4 Å². The number of benzene rings is 3. The Bertz CT molecular complexity index is 1230. The van der Waals surface area contributed by atoms with E-state index in [0.717, 1.165) is 44.9 Å². The molecule has 1 heterocycles. The van der Waals surface area contributed by atoms with Crippen molar-refractivity contribution in [3.8, 4) is 22.9 Å². The molecule has 0 aliphatic rings. The summed E-state index contributed by atoms with van der Waals surface area (Å²) in [6, 6.07) is 28.2. The summed E-state index contributed by atoms with van der Waals surface area (Å²) in [6.07, 6.45) is 1.91. The van der Waals surface area contributed by atoms with Crippen molar-refractivity contribution >= 4 is 5.69 Å². The van der Waals surface area contributed by atoms with Gasteiger partial charge in [0, 0.05) is 18.4 Å².